The van der Waals surface area contributed by atoms with Crippen molar-refractivity contribution in [1.82, 2.24) is 41.8 Å². The van der Waals surface area contributed by atoms with E-state index >= 15 is 0 Å². The van der Waals surface area contributed by atoms with Crippen LogP contribution in [-0.4, -0.2) is 20.4 Å². The molecule has 0 atom stereocenters. The maximum Gasteiger partial charge on any atom is 0.254 e. The maximum atomic E-state index is 14.6. The molecule has 0 bridgehead atoms. The molecule has 10 heteroatoms. The number of aromatic nitrogens is 3. The van der Waals surface area contributed by atoms with Crippen molar-refractivity contribution in [2.75, 3.05) is 0 Å². The van der Waals surface area contributed by atoms with Crippen LogP contribution in [-0.2, 0) is 13.6 Å². The Bertz CT molecular complexity index is 1320. The summed E-state index contributed by atoms with van der Waals surface area (Å²) in [5, 5.41) is 2.79. The van der Waals surface area contributed by atoms with Gasteiger partial charge in [0.05, 0.1) is 23.3 Å². The minimum absolute atomic E-state index is 0.0289. The number of hydrazine groups is 3. The first-order chi connectivity index (χ1) is 16.6. The first kappa shape index (κ1) is 21.9. The first-order valence-electron chi connectivity index (χ1n) is 10.7. The molecule has 2 aromatic carbocycles. The quantitative estimate of drug-likeness (QED) is 0.302. The average molecular weight is 459 g/mol. The molecular formula is C24H23FN8O. The predicted octanol–water partition coefficient (Wildman–Crippen LogP) is 2.33. The summed E-state index contributed by atoms with van der Waals surface area (Å²) in [4.78, 5) is 21.8. The van der Waals surface area contributed by atoms with Gasteiger partial charge < -0.3 is 9.88 Å². The zero-order valence-electron chi connectivity index (χ0n) is 18.3. The maximum absolute atomic E-state index is 14.6. The van der Waals surface area contributed by atoms with Gasteiger partial charge >= 0.3 is 0 Å². The van der Waals surface area contributed by atoms with Crippen molar-refractivity contribution >= 4 is 5.91 Å². The van der Waals surface area contributed by atoms with Gasteiger partial charge in [-0.25, -0.2) is 20.2 Å². The monoisotopic (exact) mass is 458 g/mol. The topological polar surface area (TPSA) is 108 Å². The van der Waals surface area contributed by atoms with Gasteiger partial charge in [0.1, 0.15) is 17.7 Å². The van der Waals surface area contributed by atoms with E-state index in [1.165, 1.54) is 6.07 Å². The van der Waals surface area contributed by atoms with Crippen molar-refractivity contribution in [3.8, 4) is 22.6 Å². The number of amides is 1. The molecule has 0 saturated carbocycles. The molecule has 0 radical (unpaired) electrons. The minimum atomic E-state index is -0.587. The molecule has 172 valence electrons. The van der Waals surface area contributed by atoms with Crippen LogP contribution in [0.1, 0.15) is 27.7 Å². The highest BCUT2D eigenvalue weighted by Crippen LogP contribution is 2.31. The third kappa shape index (κ3) is 4.43. The standard InChI is InChI=1S/C24H23FN8O/c1-33-14-28-21(20-12-17(9-10-26-20)23-29-31-32-30-23)22(33)16-7-8-19(25)18(11-16)24(34)27-13-15-5-3-2-4-6-15/h2-12,14,23,29-32H,13H2,1H3,(H,27,34). The van der Waals surface area contributed by atoms with E-state index in [2.05, 4.69) is 37.2 Å². The summed E-state index contributed by atoms with van der Waals surface area (Å²) in [5.41, 5.74) is 16.2. The van der Waals surface area contributed by atoms with Crippen molar-refractivity contribution in [3.05, 3.63) is 95.7 Å². The fraction of sp³-hybridized carbons (Fsp3) is 0.125. The van der Waals surface area contributed by atoms with E-state index in [1.54, 1.807) is 24.7 Å². The van der Waals surface area contributed by atoms with E-state index in [-0.39, 0.29) is 11.7 Å². The smallest absolute Gasteiger partial charge is 0.254 e. The van der Waals surface area contributed by atoms with E-state index in [0.717, 1.165) is 16.8 Å². The molecule has 1 amide bonds. The molecule has 1 fully saturated rings. The average Bonchev–Trinajstić information content (AvgIpc) is 3.54. The Balaban J connectivity index is 1.45. The molecule has 34 heavy (non-hydrogen) atoms. The van der Waals surface area contributed by atoms with Gasteiger partial charge in [-0.2, -0.15) is 11.1 Å². The Hall–Kier alpha value is -3.96. The van der Waals surface area contributed by atoms with Gasteiger partial charge in [0.2, 0.25) is 0 Å². The lowest BCUT2D eigenvalue weighted by Crippen LogP contribution is -2.33. The van der Waals surface area contributed by atoms with Gasteiger partial charge in [0, 0.05) is 25.4 Å². The summed E-state index contributed by atoms with van der Waals surface area (Å²) < 4.78 is 16.4. The molecule has 9 nitrogen and oxygen atoms in total. The molecule has 2 aromatic heterocycles. The Kier molecular flexibility index (Phi) is 6.11. The SMILES string of the molecule is Cn1cnc(-c2cc(C3NNNN3)ccn2)c1-c1ccc(F)c(C(=O)NCc2ccccc2)c1. The minimum Gasteiger partial charge on any atom is -0.348 e. The Labute approximate surface area is 195 Å². The van der Waals surface area contributed by atoms with Gasteiger partial charge in [-0.3, -0.25) is 9.78 Å². The van der Waals surface area contributed by atoms with E-state index in [0.29, 0.717) is 23.5 Å². The van der Waals surface area contributed by atoms with E-state index in [4.69, 9.17) is 0 Å². The van der Waals surface area contributed by atoms with Crippen molar-refractivity contribution in [2.24, 2.45) is 7.05 Å². The zero-order chi connectivity index (χ0) is 23.5. The first-order valence-corrected chi connectivity index (χ1v) is 10.7. The largest absolute Gasteiger partial charge is 0.348 e. The number of carbonyl (C=O) groups is 1. The Morgan fingerprint density at radius 2 is 1.85 bits per heavy atom. The number of pyridine rings is 1. The summed E-state index contributed by atoms with van der Waals surface area (Å²) in [6.07, 6.45) is 3.23. The predicted molar refractivity (Wildman–Crippen MR) is 125 cm³/mol. The van der Waals surface area contributed by atoms with Crippen molar-refractivity contribution in [1.29, 1.82) is 0 Å². The van der Waals surface area contributed by atoms with Gasteiger partial charge in [0.15, 0.2) is 0 Å². The lowest BCUT2D eigenvalue weighted by Gasteiger charge is -2.12. The number of benzene rings is 2. The summed E-state index contributed by atoms with van der Waals surface area (Å²) in [6, 6.07) is 17.8. The van der Waals surface area contributed by atoms with Crippen LogP contribution < -0.4 is 27.2 Å². The highest BCUT2D eigenvalue weighted by molar-refractivity contribution is 5.96. The van der Waals surface area contributed by atoms with E-state index in [9.17, 15) is 9.18 Å². The molecule has 5 N–H and O–H groups in total. The van der Waals surface area contributed by atoms with Crippen LogP contribution in [0.25, 0.3) is 22.6 Å². The van der Waals surface area contributed by atoms with Gasteiger partial charge in [0.25, 0.3) is 5.91 Å². The molecule has 3 heterocycles. The number of nitrogens with one attached hydrogen (secondary N) is 5. The highest BCUT2D eigenvalue weighted by Gasteiger charge is 2.21. The van der Waals surface area contributed by atoms with Crippen LogP contribution in [0.3, 0.4) is 0 Å². The highest BCUT2D eigenvalue weighted by atomic mass is 19.1. The molecule has 4 aromatic rings. The van der Waals surface area contributed by atoms with Crippen molar-refractivity contribution < 1.29 is 9.18 Å². The second-order valence-corrected chi connectivity index (χ2v) is 7.86. The lowest BCUT2D eigenvalue weighted by molar-refractivity contribution is 0.0947. The number of aryl methyl sites for hydroxylation is 1. The third-order valence-electron chi connectivity index (χ3n) is 5.57. The second kappa shape index (κ2) is 9.49. The molecule has 1 aliphatic rings. The zero-order valence-corrected chi connectivity index (χ0v) is 18.3. The molecule has 0 unspecified atom stereocenters. The van der Waals surface area contributed by atoms with Crippen LogP contribution in [0, 0.1) is 5.82 Å². The van der Waals surface area contributed by atoms with Crippen molar-refractivity contribution in [3.63, 3.8) is 0 Å². The number of hydrogen-bond donors (Lipinski definition) is 5. The van der Waals surface area contributed by atoms with Crippen molar-refractivity contribution in [2.45, 2.75) is 12.7 Å². The summed E-state index contributed by atoms with van der Waals surface area (Å²) in [5.74, 6) is -1.07. The van der Waals surface area contributed by atoms with Gasteiger partial charge in [-0.15, -0.1) is 0 Å². The van der Waals surface area contributed by atoms with E-state index in [1.807, 2.05) is 54.1 Å². The van der Waals surface area contributed by atoms with Gasteiger partial charge in [-0.1, -0.05) is 30.3 Å². The number of carbonyl (C=O) groups excluding carboxylic acids is 1. The van der Waals surface area contributed by atoms with Crippen LogP contribution in [0.4, 0.5) is 4.39 Å². The summed E-state index contributed by atoms with van der Waals surface area (Å²) in [7, 11) is 1.85. The van der Waals surface area contributed by atoms with Crippen LogP contribution in [0.2, 0.25) is 0 Å². The number of nitrogens with zero attached hydrogens (tertiary/aromatic N) is 3. The van der Waals surface area contributed by atoms with Crippen LogP contribution >= 0.6 is 0 Å². The molecular weight excluding hydrogens is 435 g/mol. The molecule has 1 aliphatic heterocycles. The number of hydrogen-bond acceptors (Lipinski definition) is 7. The summed E-state index contributed by atoms with van der Waals surface area (Å²) >= 11 is 0. The van der Waals surface area contributed by atoms with Gasteiger partial charge in [-0.05, 0) is 41.5 Å². The summed E-state index contributed by atoms with van der Waals surface area (Å²) in [6.45, 7) is 0.309. The molecule has 0 aliphatic carbocycles. The number of halogens is 1. The Morgan fingerprint density at radius 3 is 2.65 bits per heavy atom. The fourth-order valence-corrected chi connectivity index (χ4v) is 3.85. The normalized spacial score (nSPS) is 13.8. The fourth-order valence-electron chi connectivity index (χ4n) is 3.85. The van der Waals surface area contributed by atoms with Crippen LogP contribution in [0.5, 0.6) is 0 Å². The Morgan fingerprint density at radius 1 is 1.06 bits per heavy atom. The number of rotatable bonds is 6. The second-order valence-electron chi connectivity index (χ2n) is 7.86. The van der Waals surface area contributed by atoms with E-state index < -0.39 is 11.7 Å². The molecule has 5 rings (SSSR count). The lowest BCUT2D eigenvalue weighted by atomic mass is 10.0. The third-order valence-corrected chi connectivity index (χ3v) is 5.57. The molecule has 0 spiro atoms. The van der Waals surface area contributed by atoms with Crippen LogP contribution in [0.15, 0.2) is 73.2 Å². The molecule has 1 saturated heterocycles. The number of imidazole rings is 1.